The molecule has 0 aliphatic heterocycles. The van der Waals surface area contributed by atoms with Crippen LogP contribution in [0, 0.1) is 0 Å². The van der Waals surface area contributed by atoms with Crippen molar-refractivity contribution in [3.8, 4) is 0 Å². The molecule has 2 rings (SSSR count). The Hall–Kier alpha value is -1.98. The molecule has 0 radical (unpaired) electrons. The van der Waals surface area contributed by atoms with Gasteiger partial charge in [-0.25, -0.2) is 0 Å². The molecule has 0 fully saturated rings. The van der Waals surface area contributed by atoms with Gasteiger partial charge in [0.2, 0.25) is 11.8 Å². The molecule has 0 bridgehead atoms. The number of carbonyl (C=O) groups is 2. The van der Waals surface area contributed by atoms with Gasteiger partial charge in [0.15, 0.2) is 0 Å². The van der Waals surface area contributed by atoms with Gasteiger partial charge in [0.1, 0.15) is 0 Å². The average molecular weight is 377 g/mol. The molecule has 2 N–H and O–H groups in total. The molecule has 132 valence electrons. The lowest BCUT2D eigenvalue weighted by atomic mass is 10.1. The van der Waals surface area contributed by atoms with Gasteiger partial charge in [-0.05, 0) is 55.8 Å². The number of rotatable bonds is 6. The van der Waals surface area contributed by atoms with Gasteiger partial charge in [0, 0.05) is 22.5 Å². The van der Waals surface area contributed by atoms with E-state index in [1.54, 1.807) is 0 Å². The van der Waals surface area contributed by atoms with Crippen LogP contribution in [0.1, 0.15) is 32.4 Å². The van der Waals surface area contributed by atoms with E-state index in [2.05, 4.69) is 10.6 Å². The standard InChI is InChI=1S/C19H21ClN2O2S/c1-12(15-5-4-6-16(20)11-15)21-19(24)13(2)25-18-9-7-17(8-10-18)22-14(3)23/h4-13H,1-3H3,(H,21,24)(H,22,23). The van der Waals surface area contributed by atoms with E-state index in [-0.39, 0.29) is 23.1 Å². The normalized spacial score (nSPS) is 13.0. The van der Waals surface area contributed by atoms with Crippen LogP contribution in [0.4, 0.5) is 5.69 Å². The highest BCUT2D eigenvalue weighted by molar-refractivity contribution is 8.00. The van der Waals surface area contributed by atoms with Crippen LogP contribution in [-0.4, -0.2) is 17.1 Å². The molecule has 0 saturated heterocycles. The predicted octanol–water partition coefficient (Wildman–Crippen LogP) is 4.66. The smallest absolute Gasteiger partial charge is 0.233 e. The number of carbonyl (C=O) groups excluding carboxylic acids is 2. The first-order chi connectivity index (χ1) is 11.8. The largest absolute Gasteiger partial charge is 0.349 e. The minimum absolute atomic E-state index is 0.0385. The third kappa shape index (κ3) is 6.11. The monoisotopic (exact) mass is 376 g/mol. The van der Waals surface area contributed by atoms with Gasteiger partial charge in [-0.15, -0.1) is 11.8 Å². The number of halogens is 1. The molecule has 0 saturated carbocycles. The van der Waals surface area contributed by atoms with Crippen molar-refractivity contribution >= 4 is 40.9 Å². The molecule has 0 aliphatic rings. The molecule has 2 amide bonds. The number of benzene rings is 2. The van der Waals surface area contributed by atoms with E-state index in [9.17, 15) is 9.59 Å². The highest BCUT2D eigenvalue weighted by atomic mass is 35.5. The molecule has 0 heterocycles. The number of hydrogen-bond donors (Lipinski definition) is 2. The van der Waals surface area contributed by atoms with Crippen molar-refractivity contribution in [1.29, 1.82) is 0 Å². The molecule has 2 aromatic rings. The Morgan fingerprint density at radius 3 is 2.36 bits per heavy atom. The maximum atomic E-state index is 12.4. The summed E-state index contributed by atoms with van der Waals surface area (Å²) in [5, 5.41) is 6.13. The van der Waals surface area contributed by atoms with Gasteiger partial charge >= 0.3 is 0 Å². The van der Waals surface area contributed by atoms with Crippen molar-refractivity contribution in [3.05, 3.63) is 59.1 Å². The summed E-state index contributed by atoms with van der Waals surface area (Å²) in [7, 11) is 0. The average Bonchev–Trinajstić information content (AvgIpc) is 2.56. The van der Waals surface area contributed by atoms with Crippen LogP contribution in [-0.2, 0) is 9.59 Å². The Morgan fingerprint density at radius 2 is 1.76 bits per heavy atom. The molecule has 0 aliphatic carbocycles. The first kappa shape index (κ1) is 19.3. The molecule has 4 nitrogen and oxygen atoms in total. The SMILES string of the molecule is CC(=O)Nc1ccc(SC(C)C(=O)NC(C)c2cccc(Cl)c2)cc1. The second-order valence-electron chi connectivity index (χ2n) is 5.75. The van der Waals surface area contributed by atoms with Crippen LogP contribution in [0.25, 0.3) is 0 Å². The molecule has 2 atom stereocenters. The van der Waals surface area contributed by atoms with E-state index >= 15 is 0 Å². The van der Waals surface area contributed by atoms with Crippen molar-refractivity contribution < 1.29 is 9.59 Å². The van der Waals surface area contributed by atoms with Gasteiger partial charge in [-0.2, -0.15) is 0 Å². The van der Waals surface area contributed by atoms with Crippen LogP contribution in [0.3, 0.4) is 0 Å². The van der Waals surface area contributed by atoms with Crippen molar-refractivity contribution in [1.82, 2.24) is 5.32 Å². The molecule has 6 heteroatoms. The second kappa shape index (κ2) is 8.92. The molecular formula is C19H21ClN2O2S. The Labute approximate surface area is 157 Å². The van der Waals surface area contributed by atoms with E-state index in [0.29, 0.717) is 5.02 Å². The summed E-state index contributed by atoms with van der Waals surface area (Å²) in [5.41, 5.74) is 1.71. The first-order valence-corrected chi connectivity index (χ1v) is 9.21. The molecule has 0 aromatic heterocycles. The van der Waals surface area contributed by atoms with Crippen LogP contribution in [0.15, 0.2) is 53.4 Å². The zero-order valence-electron chi connectivity index (χ0n) is 14.4. The van der Waals surface area contributed by atoms with Crippen LogP contribution >= 0.6 is 23.4 Å². The lowest BCUT2D eigenvalue weighted by Gasteiger charge is -2.18. The van der Waals surface area contributed by atoms with Crippen molar-refractivity contribution in [3.63, 3.8) is 0 Å². The molecule has 25 heavy (non-hydrogen) atoms. The highest BCUT2D eigenvalue weighted by Crippen LogP contribution is 2.26. The minimum Gasteiger partial charge on any atom is -0.349 e. The Morgan fingerprint density at radius 1 is 1.08 bits per heavy atom. The Balaban J connectivity index is 1.92. The summed E-state index contributed by atoms with van der Waals surface area (Å²) < 4.78 is 0. The summed E-state index contributed by atoms with van der Waals surface area (Å²) in [5.74, 6) is -0.147. The third-order valence-corrected chi connectivity index (χ3v) is 4.91. The topological polar surface area (TPSA) is 58.2 Å². The highest BCUT2D eigenvalue weighted by Gasteiger charge is 2.17. The zero-order chi connectivity index (χ0) is 18.4. The number of hydrogen-bond acceptors (Lipinski definition) is 3. The Bertz CT molecular complexity index is 749. The van der Waals surface area contributed by atoms with Crippen LogP contribution in [0.2, 0.25) is 5.02 Å². The van der Waals surface area contributed by atoms with Gasteiger partial charge in [-0.1, -0.05) is 23.7 Å². The number of amides is 2. The number of nitrogens with one attached hydrogen (secondary N) is 2. The lowest BCUT2D eigenvalue weighted by molar-refractivity contribution is -0.121. The fourth-order valence-corrected chi connectivity index (χ4v) is 3.34. The molecule has 2 unspecified atom stereocenters. The van der Waals surface area contributed by atoms with Crippen LogP contribution in [0.5, 0.6) is 0 Å². The van der Waals surface area contributed by atoms with Crippen molar-refractivity contribution in [2.45, 2.75) is 37.0 Å². The fourth-order valence-electron chi connectivity index (χ4n) is 2.27. The Kier molecular flexibility index (Phi) is 6.91. The van der Waals surface area contributed by atoms with Gasteiger partial charge < -0.3 is 10.6 Å². The zero-order valence-corrected chi connectivity index (χ0v) is 15.9. The number of anilines is 1. The van der Waals surface area contributed by atoms with Gasteiger partial charge in [0.05, 0.1) is 11.3 Å². The minimum atomic E-state index is -0.242. The predicted molar refractivity (Wildman–Crippen MR) is 104 cm³/mol. The van der Waals surface area contributed by atoms with Crippen molar-refractivity contribution in [2.24, 2.45) is 0 Å². The van der Waals surface area contributed by atoms with Gasteiger partial charge in [0.25, 0.3) is 0 Å². The van der Waals surface area contributed by atoms with E-state index < -0.39 is 0 Å². The first-order valence-electron chi connectivity index (χ1n) is 7.95. The van der Waals surface area contributed by atoms with Crippen molar-refractivity contribution in [2.75, 3.05) is 5.32 Å². The molecule has 2 aromatic carbocycles. The third-order valence-electron chi connectivity index (χ3n) is 3.56. The van der Waals surface area contributed by atoms with E-state index in [1.807, 2.05) is 62.4 Å². The second-order valence-corrected chi connectivity index (χ2v) is 7.60. The van der Waals surface area contributed by atoms with Crippen LogP contribution < -0.4 is 10.6 Å². The molecular weight excluding hydrogens is 356 g/mol. The van der Waals surface area contributed by atoms with E-state index in [4.69, 9.17) is 11.6 Å². The summed E-state index contributed by atoms with van der Waals surface area (Å²) in [6.45, 7) is 5.27. The summed E-state index contributed by atoms with van der Waals surface area (Å²) in [4.78, 5) is 24.4. The van der Waals surface area contributed by atoms with E-state index in [0.717, 1.165) is 16.1 Å². The maximum absolute atomic E-state index is 12.4. The number of thioether (sulfide) groups is 1. The summed E-state index contributed by atoms with van der Waals surface area (Å²) in [6, 6.07) is 14.8. The van der Waals surface area contributed by atoms with Gasteiger partial charge in [-0.3, -0.25) is 9.59 Å². The lowest BCUT2D eigenvalue weighted by Crippen LogP contribution is -2.33. The van der Waals surface area contributed by atoms with E-state index in [1.165, 1.54) is 18.7 Å². The summed E-state index contributed by atoms with van der Waals surface area (Å²) in [6.07, 6.45) is 0. The quantitative estimate of drug-likeness (QED) is 0.721. The summed E-state index contributed by atoms with van der Waals surface area (Å²) >= 11 is 7.47. The maximum Gasteiger partial charge on any atom is 0.233 e. The fraction of sp³-hybridized carbons (Fsp3) is 0.263. The molecule has 0 spiro atoms.